The molecule has 170 valence electrons. The number of esters is 1. The van der Waals surface area contributed by atoms with Gasteiger partial charge >= 0.3 is 5.97 Å². The number of nitrogens with one attached hydrogen (secondary N) is 1. The zero-order valence-corrected chi connectivity index (χ0v) is 18.9. The summed E-state index contributed by atoms with van der Waals surface area (Å²) in [6.07, 6.45) is -0.807. The molecular formula is C25H29N2O5-. The quantitative estimate of drug-likeness (QED) is 0.408. The van der Waals surface area contributed by atoms with Crippen LogP contribution in [0.5, 0.6) is 0 Å². The molecule has 7 nitrogen and oxygen atoms in total. The fourth-order valence-corrected chi connectivity index (χ4v) is 3.83. The number of nitrogens with zero attached hydrogens (tertiary/aromatic N) is 1. The summed E-state index contributed by atoms with van der Waals surface area (Å²) in [7, 11) is 1.45. The van der Waals surface area contributed by atoms with Gasteiger partial charge in [0.25, 0.3) is 0 Å². The minimum atomic E-state index is -1.02. The molecule has 1 aliphatic carbocycles. The number of likely N-dealkylation sites (N-methyl/N-ethyl adjacent to an activating group) is 1. The zero-order valence-electron chi connectivity index (χ0n) is 18.9. The maximum Gasteiger partial charge on any atom is 0.306 e. The number of rotatable bonds is 7. The Morgan fingerprint density at radius 2 is 1.62 bits per heavy atom. The molecule has 0 saturated carbocycles. The maximum absolute atomic E-state index is 12.4. The van der Waals surface area contributed by atoms with E-state index in [4.69, 9.17) is 9.47 Å². The molecule has 0 aromatic heterocycles. The third-order valence-electron chi connectivity index (χ3n) is 5.19. The summed E-state index contributed by atoms with van der Waals surface area (Å²) in [5.41, 5.74) is 3.82. The lowest BCUT2D eigenvalue weighted by Crippen LogP contribution is -2.35. The van der Waals surface area contributed by atoms with Crippen LogP contribution < -0.4 is 10.4 Å². The van der Waals surface area contributed by atoms with Gasteiger partial charge in [-0.25, -0.2) is 0 Å². The van der Waals surface area contributed by atoms with Crippen molar-refractivity contribution in [3.8, 4) is 11.1 Å². The standard InChI is InChI=1S/C25H30N2O5/c1-25(2,3)32-22(28)14-13-21(23(29)26-4)27-24(30)31-15-20-18-11-7-5-9-16(18)17-10-6-8-12-19(17)20/h5-12,20-21H,13-15H2,1-4H3,(H,26,29)(H,27,30)/p-1/t21-/m1/s1. The Kier molecular flexibility index (Phi) is 7.18. The number of amides is 1. The van der Waals surface area contributed by atoms with Crippen LogP contribution in [0.4, 0.5) is 0 Å². The van der Waals surface area contributed by atoms with E-state index in [0.717, 1.165) is 22.3 Å². The van der Waals surface area contributed by atoms with E-state index >= 15 is 0 Å². The highest BCUT2D eigenvalue weighted by Gasteiger charge is 2.27. The van der Waals surface area contributed by atoms with Crippen LogP contribution in [0.15, 0.2) is 53.5 Å². The highest BCUT2D eigenvalue weighted by atomic mass is 16.6. The van der Waals surface area contributed by atoms with Crippen LogP contribution in [0.25, 0.3) is 11.1 Å². The van der Waals surface area contributed by atoms with Gasteiger partial charge in [-0.2, -0.15) is 0 Å². The van der Waals surface area contributed by atoms with E-state index in [2.05, 4.69) is 22.4 Å². The van der Waals surface area contributed by atoms with Crippen LogP contribution in [-0.4, -0.2) is 43.3 Å². The molecule has 0 bridgehead atoms. The van der Waals surface area contributed by atoms with Gasteiger partial charge in [0.2, 0.25) is 5.91 Å². The fraction of sp³-hybridized carbons (Fsp3) is 0.400. The highest BCUT2D eigenvalue weighted by molar-refractivity contribution is 5.84. The van der Waals surface area contributed by atoms with E-state index in [9.17, 15) is 14.7 Å². The van der Waals surface area contributed by atoms with Crippen molar-refractivity contribution in [1.29, 1.82) is 0 Å². The van der Waals surface area contributed by atoms with Crippen molar-refractivity contribution in [3.05, 3.63) is 59.7 Å². The Labute approximate surface area is 188 Å². The number of benzene rings is 2. The van der Waals surface area contributed by atoms with Crippen LogP contribution in [0.3, 0.4) is 0 Å². The largest absolute Gasteiger partial charge is 0.599 e. The molecule has 7 heteroatoms. The third-order valence-corrected chi connectivity index (χ3v) is 5.19. The molecular weight excluding hydrogens is 408 g/mol. The summed E-state index contributed by atoms with van der Waals surface area (Å²) >= 11 is 0. The molecule has 1 amide bonds. The maximum atomic E-state index is 12.4. The molecule has 3 rings (SSSR count). The van der Waals surface area contributed by atoms with Gasteiger partial charge < -0.3 is 19.9 Å². The van der Waals surface area contributed by atoms with E-state index in [-0.39, 0.29) is 25.4 Å². The molecule has 32 heavy (non-hydrogen) atoms. The molecule has 0 spiro atoms. The average Bonchev–Trinajstić information content (AvgIpc) is 3.07. The van der Waals surface area contributed by atoms with E-state index in [1.165, 1.54) is 7.05 Å². The lowest BCUT2D eigenvalue weighted by atomic mass is 9.98. The lowest BCUT2D eigenvalue weighted by molar-refractivity contribution is -0.251. The van der Waals surface area contributed by atoms with Crippen LogP contribution in [-0.2, 0) is 19.1 Å². The van der Waals surface area contributed by atoms with Crippen molar-refractivity contribution in [3.63, 3.8) is 0 Å². The van der Waals surface area contributed by atoms with Gasteiger partial charge in [-0.05, 0) is 49.4 Å². The number of carbonyl (C=O) groups is 2. The predicted octanol–water partition coefficient (Wildman–Crippen LogP) is 2.77. The van der Waals surface area contributed by atoms with Gasteiger partial charge in [-0.3, -0.25) is 14.6 Å². The zero-order chi connectivity index (χ0) is 23.3. The van der Waals surface area contributed by atoms with Gasteiger partial charge in [0.05, 0.1) is 0 Å². The molecule has 0 aliphatic heterocycles. The summed E-state index contributed by atoms with van der Waals surface area (Å²) in [6, 6.07) is 15.0. The van der Waals surface area contributed by atoms with Crippen LogP contribution in [0.1, 0.15) is 50.7 Å². The Bertz CT molecular complexity index is 964. The number of aliphatic imine (C=N–C) groups is 1. The number of hydrogen-bond acceptors (Lipinski definition) is 6. The second-order valence-corrected chi connectivity index (χ2v) is 8.69. The monoisotopic (exact) mass is 437 g/mol. The van der Waals surface area contributed by atoms with E-state index in [0.29, 0.717) is 0 Å². The number of fused-ring (bicyclic) bond motifs is 3. The topological polar surface area (TPSA) is 100 Å². The van der Waals surface area contributed by atoms with Crippen LogP contribution in [0.2, 0.25) is 0 Å². The van der Waals surface area contributed by atoms with E-state index in [1.807, 2.05) is 36.4 Å². The normalized spacial score (nSPS) is 14.3. The number of ether oxygens (including phenoxy) is 2. The van der Waals surface area contributed by atoms with E-state index < -0.39 is 29.6 Å². The SMILES string of the molecule is CNC(=O)[C@@H](CCC(=O)OC(C)(C)C)N=C([O-])OCC1c2ccccc2-c2ccccc21. The molecule has 0 radical (unpaired) electrons. The second kappa shape index (κ2) is 9.85. The van der Waals surface area contributed by atoms with Crippen molar-refractivity contribution in [2.24, 2.45) is 4.99 Å². The Morgan fingerprint density at radius 3 is 2.16 bits per heavy atom. The van der Waals surface area contributed by atoms with Crippen molar-refractivity contribution in [2.75, 3.05) is 13.7 Å². The minimum Gasteiger partial charge on any atom is -0.599 e. The lowest BCUT2D eigenvalue weighted by Gasteiger charge is -2.23. The van der Waals surface area contributed by atoms with Gasteiger partial charge in [-0.15, -0.1) is 0 Å². The minimum absolute atomic E-state index is 0.0322. The molecule has 0 saturated heterocycles. The Balaban J connectivity index is 1.68. The smallest absolute Gasteiger partial charge is 0.306 e. The third kappa shape index (κ3) is 5.66. The van der Waals surface area contributed by atoms with Gasteiger partial charge in [-0.1, -0.05) is 48.5 Å². The average molecular weight is 438 g/mol. The van der Waals surface area contributed by atoms with Gasteiger partial charge in [0.15, 0.2) is 0 Å². The van der Waals surface area contributed by atoms with Gasteiger partial charge in [0, 0.05) is 26.0 Å². The molecule has 0 fully saturated rings. The van der Waals surface area contributed by atoms with Crippen LogP contribution in [0, 0.1) is 0 Å². The molecule has 0 unspecified atom stereocenters. The first-order chi connectivity index (χ1) is 15.2. The highest BCUT2D eigenvalue weighted by Crippen LogP contribution is 2.44. The van der Waals surface area contributed by atoms with Crippen LogP contribution >= 0.6 is 0 Å². The second-order valence-electron chi connectivity index (χ2n) is 8.69. The fourth-order valence-electron chi connectivity index (χ4n) is 3.83. The first-order valence-electron chi connectivity index (χ1n) is 10.7. The number of carbonyl (C=O) groups excluding carboxylic acids is 2. The Morgan fingerprint density at radius 1 is 1.06 bits per heavy atom. The Hall–Kier alpha value is -3.35. The van der Waals surface area contributed by atoms with Crippen molar-refractivity contribution in [1.82, 2.24) is 5.32 Å². The number of hydrogen-bond donors (Lipinski definition) is 1. The molecule has 1 N–H and O–H groups in total. The summed E-state index contributed by atoms with van der Waals surface area (Å²) in [5.74, 6) is -1.00. The summed E-state index contributed by atoms with van der Waals surface area (Å²) in [5, 5.41) is 14.9. The van der Waals surface area contributed by atoms with Crippen molar-refractivity contribution in [2.45, 2.75) is 51.2 Å². The summed E-state index contributed by atoms with van der Waals surface area (Å²) in [4.78, 5) is 28.1. The summed E-state index contributed by atoms with van der Waals surface area (Å²) in [6.45, 7) is 5.41. The molecule has 1 aliphatic rings. The first kappa shape index (κ1) is 23.3. The van der Waals surface area contributed by atoms with E-state index in [1.54, 1.807) is 20.8 Å². The van der Waals surface area contributed by atoms with Crippen molar-refractivity contribution < 1.29 is 24.2 Å². The molecule has 2 aromatic carbocycles. The predicted molar refractivity (Wildman–Crippen MR) is 120 cm³/mol. The summed E-state index contributed by atoms with van der Waals surface area (Å²) < 4.78 is 10.7. The molecule has 1 atom stereocenters. The molecule has 0 heterocycles. The van der Waals surface area contributed by atoms with Gasteiger partial charge in [0.1, 0.15) is 17.7 Å². The van der Waals surface area contributed by atoms with Crippen molar-refractivity contribution >= 4 is 18.0 Å². The first-order valence-corrected chi connectivity index (χ1v) is 10.7. The molecule has 2 aromatic rings.